The first-order chi connectivity index (χ1) is 8.97. The molecular formula is C12H12N4O2S. The highest BCUT2D eigenvalue weighted by Gasteiger charge is 2.15. The van der Waals surface area contributed by atoms with Crippen LogP contribution in [0.4, 0.5) is 0 Å². The first-order valence-corrected chi connectivity index (χ1v) is 6.46. The molecule has 7 heteroatoms. The summed E-state index contributed by atoms with van der Waals surface area (Å²) in [4.78, 5) is 32.5. The van der Waals surface area contributed by atoms with Crippen LogP contribution >= 0.6 is 11.8 Å². The van der Waals surface area contributed by atoms with Gasteiger partial charge in [0.15, 0.2) is 5.65 Å². The van der Waals surface area contributed by atoms with Gasteiger partial charge in [-0.1, -0.05) is 17.7 Å². The zero-order valence-electron chi connectivity index (χ0n) is 10.8. The van der Waals surface area contributed by atoms with Crippen molar-refractivity contribution in [3.8, 4) is 12.3 Å². The Kier molecular flexibility index (Phi) is 3.44. The van der Waals surface area contributed by atoms with E-state index in [1.54, 1.807) is 14.0 Å². The molecule has 2 aromatic rings. The van der Waals surface area contributed by atoms with E-state index in [4.69, 9.17) is 6.42 Å². The third-order valence-electron chi connectivity index (χ3n) is 2.67. The first kappa shape index (κ1) is 13.4. The molecule has 0 amide bonds. The smallest absolute Gasteiger partial charge is 0.280 e. The molecule has 6 nitrogen and oxygen atoms in total. The Morgan fingerprint density at radius 2 is 1.95 bits per heavy atom. The summed E-state index contributed by atoms with van der Waals surface area (Å²) in [5.74, 6) is 3.38. The van der Waals surface area contributed by atoms with Gasteiger partial charge in [-0.2, -0.15) is 0 Å². The Morgan fingerprint density at radius 1 is 1.26 bits per heavy atom. The highest BCUT2D eigenvalue weighted by atomic mass is 32.2. The molecule has 19 heavy (non-hydrogen) atoms. The molecule has 2 heterocycles. The van der Waals surface area contributed by atoms with Crippen LogP contribution in [0.3, 0.4) is 0 Å². The zero-order valence-corrected chi connectivity index (χ0v) is 11.6. The van der Waals surface area contributed by atoms with Gasteiger partial charge in [-0.3, -0.25) is 13.9 Å². The van der Waals surface area contributed by atoms with Crippen LogP contribution in [0.15, 0.2) is 14.6 Å². The molecule has 0 unspecified atom stereocenters. The van der Waals surface area contributed by atoms with Crippen LogP contribution < -0.4 is 11.2 Å². The molecule has 0 spiro atoms. The van der Waals surface area contributed by atoms with Gasteiger partial charge in [0, 0.05) is 14.1 Å². The molecule has 0 bridgehead atoms. The molecule has 0 aliphatic rings. The average molecular weight is 276 g/mol. The third kappa shape index (κ3) is 2.15. The Labute approximate surface area is 113 Å². The summed E-state index contributed by atoms with van der Waals surface area (Å²) in [6.07, 6.45) is 5.23. The normalized spacial score (nSPS) is 10.6. The fraction of sp³-hybridized carbons (Fsp3) is 0.333. The van der Waals surface area contributed by atoms with Gasteiger partial charge in [0.2, 0.25) is 0 Å². The number of thioether (sulfide) groups is 1. The number of aryl methyl sites for hydroxylation is 2. The molecular weight excluding hydrogens is 264 g/mol. The fourth-order valence-electron chi connectivity index (χ4n) is 1.75. The van der Waals surface area contributed by atoms with Crippen molar-refractivity contribution in [3.63, 3.8) is 0 Å². The van der Waals surface area contributed by atoms with Crippen molar-refractivity contribution < 1.29 is 0 Å². The molecule has 0 saturated carbocycles. The molecule has 2 aromatic heterocycles. The Balaban J connectivity index is 2.96. The second-order valence-corrected chi connectivity index (χ2v) is 4.94. The quantitative estimate of drug-likeness (QED) is 0.441. The number of terminal acetylenes is 1. The lowest BCUT2D eigenvalue weighted by Gasteiger charge is -2.09. The lowest BCUT2D eigenvalue weighted by atomic mass is 10.4. The maximum atomic E-state index is 12.2. The van der Waals surface area contributed by atoms with E-state index in [1.165, 1.54) is 23.4 Å². The van der Waals surface area contributed by atoms with E-state index < -0.39 is 11.2 Å². The van der Waals surface area contributed by atoms with Gasteiger partial charge in [-0.15, -0.1) is 6.42 Å². The zero-order chi connectivity index (χ0) is 14.2. The minimum absolute atomic E-state index is 0.329. The second kappa shape index (κ2) is 4.90. The monoisotopic (exact) mass is 276 g/mol. The lowest BCUT2D eigenvalue weighted by molar-refractivity contribution is 0.701. The summed E-state index contributed by atoms with van der Waals surface area (Å²) >= 11 is 1.29. The third-order valence-corrected chi connectivity index (χ3v) is 3.55. The maximum absolute atomic E-state index is 12.2. The van der Waals surface area contributed by atoms with Crippen molar-refractivity contribution in [2.75, 3.05) is 5.75 Å². The highest BCUT2D eigenvalue weighted by Crippen LogP contribution is 2.21. The predicted octanol–water partition coefficient (Wildman–Crippen LogP) is 0.0609. The van der Waals surface area contributed by atoms with Gasteiger partial charge in [-0.05, 0) is 6.92 Å². The van der Waals surface area contributed by atoms with Crippen molar-refractivity contribution in [2.24, 2.45) is 14.1 Å². The second-order valence-electron chi connectivity index (χ2n) is 3.97. The largest absolute Gasteiger partial charge is 0.332 e. The van der Waals surface area contributed by atoms with Gasteiger partial charge >= 0.3 is 5.69 Å². The molecule has 0 N–H and O–H groups in total. The highest BCUT2D eigenvalue weighted by molar-refractivity contribution is 7.99. The number of aromatic nitrogens is 4. The van der Waals surface area contributed by atoms with Crippen LogP contribution in [0.5, 0.6) is 0 Å². The number of nitrogens with zero attached hydrogens (tertiary/aromatic N) is 4. The number of hydrogen-bond donors (Lipinski definition) is 0. The topological polar surface area (TPSA) is 69.8 Å². The molecule has 0 radical (unpaired) electrons. The molecule has 0 saturated heterocycles. The van der Waals surface area contributed by atoms with Crippen molar-refractivity contribution in [3.05, 3.63) is 26.7 Å². The van der Waals surface area contributed by atoms with Gasteiger partial charge in [0.1, 0.15) is 16.2 Å². The molecule has 0 aliphatic heterocycles. The van der Waals surface area contributed by atoms with Crippen LogP contribution in [0.25, 0.3) is 11.0 Å². The average Bonchev–Trinajstić information content (AvgIpc) is 2.39. The summed E-state index contributed by atoms with van der Waals surface area (Å²) < 4.78 is 2.38. The van der Waals surface area contributed by atoms with E-state index in [-0.39, 0.29) is 0 Å². The number of fused-ring (bicyclic) bond motifs is 1. The van der Waals surface area contributed by atoms with Gasteiger partial charge in [0.05, 0.1) is 5.75 Å². The Hall–Kier alpha value is -2.07. The molecule has 2 rings (SSSR count). The molecule has 0 aliphatic carbocycles. The SMILES string of the molecule is C#CCSc1nc(C)nc2c1c(=O)n(C)c(=O)n2C. The predicted molar refractivity (Wildman–Crippen MR) is 74.3 cm³/mol. The summed E-state index contributed by atoms with van der Waals surface area (Å²) in [5.41, 5.74) is -0.485. The standard InChI is InChI=1S/C12H12N4O2S/c1-5-6-19-10-8-9(13-7(2)14-10)15(3)12(18)16(4)11(8)17/h1H,6H2,2-4H3. The Bertz CT molecular complexity index is 814. The molecule has 0 atom stereocenters. The van der Waals surface area contributed by atoms with Gasteiger partial charge in [0.25, 0.3) is 5.56 Å². The van der Waals surface area contributed by atoms with E-state index in [9.17, 15) is 9.59 Å². The van der Waals surface area contributed by atoms with Gasteiger partial charge in [-0.25, -0.2) is 14.8 Å². The fourth-order valence-corrected chi connectivity index (χ4v) is 2.49. The minimum Gasteiger partial charge on any atom is -0.280 e. The summed E-state index contributed by atoms with van der Waals surface area (Å²) in [5, 5.41) is 0.840. The summed E-state index contributed by atoms with van der Waals surface area (Å²) in [6, 6.07) is 0. The van der Waals surface area contributed by atoms with E-state index >= 15 is 0 Å². The van der Waals surface area contributed by atoms with Crippen molar-refractivity contribution in [1.82, 2.24) is 19.1 Å². The van der Waals surface area contributed by atoms with Crippen LogP contribution in [-0.2, 0) is 14.1 Å². The maximum Gasteiger partial charge on any atom is 0.332 e. The molecule has 98 valence electrons. The number of hydrogen-bond acceptors (Lipinski definition) is 5. The van der Waals surface area contributed by atoms with Crippen molar-refractivity contribution >= 4 is 22.8 Å². The first-order valence-electron chi connectivity index (χ1n) is 5.48. The van der Waals surface area contributed by atoms with Gasteiger partial charge < -0.3 is 0 Å². The van der Waals surface area contributed by atoms with E-state index in [0.717, 1.165) is 4.57 Å². The lowest BCUT2D eigenvalue weighted by Crippen LogP contribution is -2.37. The van der Waals surface area contributed by atoms with Crippen LogP contribution in [-0.4, -0.2) is 24.9 Å². The van der Waals surface area contributed by atoms with E-state index in [0.29, 0.717) is 27.6 Å². The van der Waals surface area contributed by atoms with Crippen LogP contribution in [0, 0.1) is 19.3 Å². The van der Waals surface area contributed by atoms with E-state index in [2.05, 4.69) is 15.9 Å². The van der Waals surface area contributed by atoms with Crippen molar-refractivity contribution in [2.45, 2.75) is 11.9 Å². The van der Waals surface area contributed by atoms with Crippen molar-refractivity contribution in [1.29, 1.82) is 0 Å². The summed E-state index contributed by atoms with van der Waals surface area (Å²) in [7, 11) is 3.01. The molecule has 0 aromatic carbocycles. The van der Waals surface area contributed by atoms with Crippen LogP contribution in [0.2, 0.25) is 0 Å². The number of rotatable bonds is 2. The van der Waals surface area contributed by atoms with E-state index in [1.807, 2.05) is 0 Å². The van der Waals surface area contributed by atoms with Crippen LogP contribution in [0.1, 0.15) is 5.82 Å². The summed E-state index contributed by atoms with van der Waals surface area (Å²) in [6.45, 7) is 1.71. The minimum atomic E-state index is -0.413. The Morgan fingerprint density at radius 3 is 2.58 bits per heavy atom. The molecule has 0 fully saturated rings.